The number of rotatable bonds is 1. The maximum Gasteiger partial charge on any atom is 0.253 e. The quantitative estimate of drug-likeness (QED) is 0.577. The lowest BCUT2D eigenvalue weighted by Crippen LogP contribution is -2.31. The van der Waals surface area contributed by atoms with Gasteiger partial charge in [-0.2, -0.15) is 0 Å². The summed E-state index contributed by atoms with van der Waals surface area (Å²) in [5.41, 5.74) is 6.41. The fourth-order valence-corrected chi connectivity index (χ4v) is 2.14. The van der Waals surface area contributed by atoms with Crippen LogP contribution in [0.1, 0.15) is 36.0 Å². The molecule has 0 bridgehead atoms. The van der Waals surface area contributed by atoms with E-state index in [0.717, 1.165) is 25.9 Å². The summed E-state index contributed by atoms with van der Waals surface area (Å²) in [6, 6.07) is 4.64. The molecular formula is C13H18N2O2. The molecule has 92 valence electrons. The number of aromatic hydroxyl groups is 1. The smallest absolute Gasteiger partial charge is 0.253 e. The molecule has 1 saturated heterocycles. The zero-order chi connectivity index (χ0) is 12.3. The van der Waals surface area contributed by atoms with Crippen molar-refractivity contribution >= 4 is 11.6 Å². The number of nitrogens with zero attached hydrogens (tertiary/aromatic N) is 1. The number of carbonyl (C=O) groups is 1. The molecule has 1 aliphatic rings. The number of benzene rings is 1. The van der Waals surface area contributed by atoms with E-state index in [1.165, 1.54) is 18.9 Å². The molecule has 0 atom stereocenters. The first-order valence-electron chi connectivity index (χ1n) is 6.06. The summed E-state index contributed by atoms with van der Waals surface area (Å²) in [5, 5.41) is 9.33. The molecule has 17 heavy (non-hydrogen) atoms. The van der Waals surface area contributed by atoms with Gasteiger partial charge in [0.25, 0.3) is 5.91 Å². The van der Waals surface area contributed by atoms with Crippen molar-refractivity contribution in [2.45, 2.75) is 25.7 Å². The highest BCUT2D eigenvalue weighted by Gasteiger charge is 2.17. The van der Waals surface area contributed by atoms with Crippen LogP contribution in [0, 0.1) is 0 Å². The number of nitrogen functional groups attached to an aromatic ring is 1. The average molecular weight is 234 g/mol. The molecule has 0 aliphatic carbocycles. The summed E-state index contributed by atoms with van der Waals surface area (Å²) in [6.07, 6.45) is 4.53. The first-order valence-corrected chi connectivity index (χ1v) is 6.06. The number of phenolic OH excluding ortho intramolecular Hbond substituents is 1. The molecule has 4 nitrogen and oxygen atoms in total. The Hall–Kier alpha value is -1.71. The Morgan fingerprint density at radius 1 is 1.18 bits per heavy atom. The van der Waals surface area contributed by atoms with Crippen LogP contribution in [0.4, 0.5) is 5.69 Å². The van der Waals surface area contributed by atoms with Gasteiger partial charge in [0.2, 0.25) is 0 Å². The fourth-order valence-electron chi connectivity index (χ4n) is 2.14. The van der Waals surface area contributed by atoms with Gasteiger partial charge in [-0.3, -0.25) is 4.79 Å². The molecule has 1 aromatic rings. The Balaban J connectivity index is 2.14. The van der Waals surface area contributed by atoms with E-state index >= 15 is 0 Å². The predicted molar refractivity (Wildman–Crippen MR) is 66.9 cm³/mol. The summed E-state index contributed by atoms with van der Waals surface area (Å²) in [5.74, 6) is 0.0380. The second kappa shape index (κ2) is 5.08. The second-order valence-corrected chi connectivity index (χ2v) is 4.48. The molecule has 1 heterocycles. The van der Waals surface area contributed by atoms with E-state index in [1.807, 2.05) is 4.90 Å². The summed E-state index contributed by atoms with van der Waals surface area (Å²) in [4.78, 5) is 14.1. The zero-order valence-electron chi connectivity index (χ0n) is 9.85. The maximum absolute atomic E-state index is 12.2. The molecular weight excluding hydrogens is 216 g/mol. The summed E-state index contributed by atoms with van der Waals surface area (Å²) in [6.45, 7) is 1.64. The molecule has 0 spiro atoms. The van der Waals surface area contributed by atoms with Crippen LogP contribution >= 0.6 is 0 Å². The Labute approximate surface area is 101 Å². The summed E-state index contributed by atoms with van der Waals surface area (Å²) < 4.78 is 0. The van der Waals surface area contributed by atoms with Gasteiger partial charge in [-0.25, -0.2) is 0 Å². The average Bonchev–Trinajstić information content (AvgIpc) is 2.60. The second-order valence-electron chi connectivity index (χ2n) is 4.48. The molecule has 0 saturated carbocycles. The fraction of sp³-hybridized carbons (Fsp3) is 0.462. The number of nitrogens with two attached hydrogens (primary N) is 1. The molecule has 1 amide bonds. The van der Waals surface area contributed by atoms with Gasteiger partial charge >= 0.3 is 0 Å². The number of anilines is 1. The number of hydrogen-bond acceptors (Lipinski definition) is 3. The van der Waals surface area contributed by atoms with Crippen LogP contribution in [0.3, 0.4) is 0 Å². The zero-order valence-corrected chi connectivity index (χ0v) is 9.85. The highest BCUT2D eigenvalue weighted by atomic mass is 16.3. The van der Waals surface area contributed by atoms with Gasteiger partial charge < -0.3 is 15.7 Å². The molecule has 1 fully saturated rings. The minimum atomic E-state index is 0.0126. The highest BCUT2D eigenvalue weighted by molar-refractivity contribution is 5.95. The van der Waals surface area contributed by atoms with Gasteiger partial charge in [0.15, 0.2) is 0 Å². The third kappa shape index (κ3) is 2.70. The van der Waals surface area contributed by atoms with Crippen LogP contribution in [0.5, 0.6) is 5.75 Å². The molecule has 0 radical (unpaired) electrons. The van der Waals surface area contributed by atoms with Crippen molar-refractivity contribution in [1.82, 2.24) is 4.90 Å². The van der Waals surface area contributed by atoms with Crippen molar-refractivity contribution < 1.29 is 9.90 Å². The molecule has 0 aromatic heterocycles. The lowest BCUT2D eigenvalue weighted by molar-refractivity contribution is 0.0761. The normalized spacial score (nSPS) is 16.6. The Bertz CT molecular complexity index is 410. The topological polar surface area (TPSA) is 66.6 Å². The van der Waals surface area contributed by atoms with Crippen LogP contribution < -0.4 is 5.73 Å². The van der Waals surface area contributed by atoms with E-state index in [4.69, 9.17) is 5.73 Å². The highest BCUT2D eigenvalue weighted by Crippen LogP contribution is 2.22. The molecule has 0 unspecified atom stereocenters. The Kier molecular flexibility index (Phi) is 3.52. The Morgan fingerprint density at radius 3 is 2.41 bits per heavy atom. The first kappa shape index (κ1) is 11.8. The van der Waals surface area contributed by atoms with Crippen molar-refractivity contribution in [3.63, 3.8) is 0 Å². The minimum absolute atomic E-state index is 0.0126. The maximum atomic E-state index is 12.2. The molecule has 4 heteroatoms. The van der Waals surface area contributed by atoms with Gasteiger partial charge in [0.1, 0.15) is 5.75 Å². The number of amides is 1. The van der Waals surface area contributed by atoms with Crippen molar-refractivity contribution in [1.29, 1.82) is 0 Å². The summed E-state index contributed by atoms with van der Waals surface area (Å²) >= 11 is 0. The lowest BCUT2D eigenvalue weighted by Gasteiger charge is -2.20. The number of phenols is 1. The number of carbonyl (C=O) groups excluding carboxylic acids is 1. The monoisotopic (exact) mass is 234 g/mol. The molecule has 1 aromatic carbocycles. The number of likely N-dealkylation sites (tertiary alicyclic amines) is 1. The lowest BCUT2D eigenvalue weighted by atomic mass is 10.1. The van der Waals surface area contributed by atoms with Crippen LogP contribution in [0.25, 0.3) is 0 Å². The third-order valence-corrected chi connectivity index (χ3v) is 3.17. The largest absolute Gasteiger partial charge is 0.506 e. The standard InChI is InChI=1S/C13H18N2O2/c14-11-9-10(5-6-12(11)16)13(17)15-7-3-1-2-4-8-15/h5-6,9,16H,1-4,7-8,14H2. The van der Waals surface area contributed by atoms with Crippen LogP contribution in [0.15, 0.2) is 18.2 Å². The van der Waals surface area contributed by atoms with E-state index in [2.05, 4.69) is 0 Å². The van der Waals surface area contributed by atoms with Crippen molar-refractivity contribution in [2.24, 2.45) is 0 Å². The van der Waals surface area contributed by atoms with Crippen molar-refractivity contribution in [3.8, 4) is 5.75 Å². The SMILES string of the molecule is Nc1cc(C(=O)N2CCCCCC2)ccc1O. The van der Waals surface area contributed by atoms with E-state index < -0.39 is 0 Å². The van der Waals surface area contributed by atoms with E-state index in [1.54, 1.807) is 12.1 Å². The van der Waals surface area contributed by atoms with Crippen LogP contribution in [-0.4, -0.2) is 29.0 Å². The van der Waals surface area contributed by atoms with Crippen LogP contribution in [-0.2, 0) is 0 Å². The molecule has 3 N–H and O–H groups in total. The minimum Gasteiger partial charge on any atom is -0.506 e. The van der Waals surface area contributed by atoms with E-state index in [0.29, 0.717) is 5.56 Å². The molecule has 2 rings (SSSR count). The third-order valence-electron chi connectivity index (χ3n) is 3.17. The van der Waals surface area contributed by atoms with Crippen molar-refractivity contribution in [3.05, 3.63) is 23.8 Å². The summed E-state index contributed by atoms with van der Waals surface area (Å²) in [7, 11) is 0. The van der Waals surface area contributed by atoms with Gasteiger partial charge in [0.05, 0.1) is 5.69 Å². The van der Waals surface area contributed by atoms with Gasteiger partial charge in [-0.1, -0.05) is 12.8 Å². The van der Waals surface area contributed by atoms with E-state index in [9.17, 15) is 9.90 Å². The van der Waals surface area contributed by atoms with Gasteiger partial charge in [-0.15, -0.1) is 0 Å². The number of hydrogen-bond donors (Lipinski definition) is 2. The predicted octanol–water partition coefficient (Wildman–Crippen LogP) is 1.99. The molecule has 1 aliphatic heterocycles. The van der Waals surface area contributed by atoms with E-state index in [-0.39, 0.29) is 17.3 Å². The Morgan fingerprint density at radius 2 is 1.82 bits per heavy atom. The first-order chi connectivity index (χ1) is 8.18. The van der Waals surface area contributed by atoms with Crippen molar-refractivity contribution in [2.75, 3.05) is 18.8 Å². The van der Waals surface area contributed by atoms with Crippen LogP contribution in [0.2, 0.25) is 0 Å². The van der Waals surface area contributed by atoms with Gasteiger partial charge in [0, 0.05) is 18.7 Å². The van der Waals surface area contributed by atoms with Gasteiger partial charge in [-0.05, 0) is 31.0 Å².